The molecule has 0 saturated carbocycles. The average Bonchev–Trinajstić information content (AvgIpc) is 2.82. The van der Waals surface area contributed by atoms with E-state index in [9.17, 15) is 0 Å². The molecule has 0 radical (unpaired) electrons. The number of hydrogen-bond acceptors (Lipinski definition) is 5. The van der Waals surface area contributed by atoms with Crippen molar-refractivity contribution in [2.24, 2.45) is 0 Å². The van der Waals surface area contributed by atoms with Gasteiger partial charge in [0.15, 0.2) is 5.79 Å². The minimum atomic E-state index is -1.26. The minimum absolute atomic E-state index is 0.0979. The minimum Gasteiger partial charge on any atom is -0.427 e. The van der Waals surface area contributed by atoms with Gasteiger partial charge in [0.2, 0.25) is 0 Å². The molecule has 0 aromatic heterocycles. The van der Waals surface area contributed by atoms with Gasteiger partial charge in [-0.2, -0.15) is 0 Å². The summed E-state index contributed by atoms with van der Waals surface area (Å²) >= 11 is 0. The van der Waals surface area contributed by atoms with Crippen LogP contribution in [-0.4, -0.2) is 43.1 Å². The fraction of sp³-hybridized carbons (Fsp3) is 0.571. The van der Waals surface area contributed by atoms with E-state index in [2.05, 4.69) is 0 Å². The molecule has 2 unspecified atom stereocenters. The van der Waals surface area contributed by atoms with E-state index in [1.165, 1.54) is 0 Å². The third-order valence-electron chi connectivity index (χ3n) is 3.29. The van der Waals surface area contributed by atoms with Gasteiger partial charge in [0.05, 0.1) is 13.2 Å². The van der Waals surface area contributed by atoms with Crippen molar-refractivity contribution in [1.29, 1.82) is 0 Å². The molecule has 1 aromatic carbocycles. The van der Waals surface area contributed by atoms with Crippen molar-refractivity contribution in [3.8, 4) is 0 Å². The SMILES string of the molecule is CC1(c2ccccc2)OCC(COCCCB(O)O)O1. The summed E-state index contributed by atoms with van der Waals surface area (Å²) in [5.41, 5.74) is 0.992. The maximum atomic E-state index is 8.71. The fourth-order valence-electron chi connectivity index (χ4n) is 2.20. The molecule has 1 heterocycles. The molecule has 110 valence electrons. The van der Waals surface area contributed by atoms with Crippen LogP contribution in [0.15, 0.2) is 30.3 Å². The quantitative estimate of drug-likeness (QED) is 0.579. The number of hydrogen-bond donors (Lipinski definition) is 2. The molecule has 0 bridgehead atoms. The van der Waals surface area contributed by atoms with Crippen molar-refractivity contribution in [1.82, 2.24) is 0 Å². The van der Waals surface area contributed by atoms with Gasteiger partial charge in [0, 0.05) is 12.2 Å². The molecule has 0 spiro atoms. The van der Waals surface area contributed by atoms with Crippen LogP contribution in [0.3, 0.4) is 0 Å². The molecule has 2 rings (SSSR count). The van der Waals surface area contributed by atoms with E-state index in [-0.39, 0.29) is 6.10 Å². The first-order valence-corrected chi connectivity index (χ1v) is 6.91. The zero-order valence-electron chi connectivity index (χ0n) is 11.7. The first-order chi connectivity index (χ1) is 9.60. The van der Waals surface area contributed by atoms with Gasteiger partial charge in [-0.25, -0.2) is 0 Å². The van der Waals surface area contributed by atoms with Gasteiger partial charge in [0.25, 0.3) is 0 Å². The molecule has 1 aromatic rings. The van der Waals surface area contributed by atoms with E-state index < -0.39 is 12.9 Å². The van der Waals surface area contributed by atoms with Crippen LogP contribution in [0.1, 0.15) is 18.9 Å². The zero-order chi connectivity index (χ0) is 14.4. The Kier molecular flexibility index (Phi) is 5.57. The van der Waals surface area contributed by atoms with Gasteiger partial charge in [-0.15, -0.1) is 0 Å². The second-order valence-corrected chi connectivity index (χ2v) is 5.06. The van der Waals surface area contributed by atoms with Gasteiger partial charge >= 0.3 is 7.12 Å². The Bertz CT molecular complexity index is 400. The summed E-state index contributed by atoms with van der Waals surface area (Å²) in [6.07, 6.45) is 0.838. The van der Waals surface area contributed by atoms with Crippen LogP contribution in [0.4, 0.5) is 0 Å². The Morgan fingerprint density at radius 1 is 1.35 bits per heavy atom. The molecule has 0 amide bonds. The van der Waals surface area contributed by atoms with Crippen LogP contribution in [0.5, 0.6) is 0 Å². The van der Waals surface area contributed by atoms with E-state index in [0.717, 1.165) is 5.56 Å². The Morgan fingerprint density at radius 3 is 2.80 bits per heavy atom. The zero-order valence-corrected chi connectivity index (χ0v) is 11.7. The standard InChI is InChI=1S/C14H21BO5/c1-14(12-6-3-2-4-7-12)19-11-13(20-14)10-18-9-5-8-15(16)17/h2-4,6-7,13,16-17H,5,8-11H2,1H3. The molecule has 0 aliphatic carbocycles. The molecular weight excluding hydrogens is 259 g/mol. The second-order valence-electron chi connectivity index (χ2n) is 5.06. The molecule has 2 atom stereocenters. The third kappa shape index (κ3) is 4.29. The van der Waals surface area contributed by atoms with Crippen LogP contribution in [0.2, 0.25) is 6.32 Å². The summed E-state index contributed by atoms with van der Waals surface area (Å²) in [7, 11) is -1.26. The second kappa shape index (κ2) is 7.20. The third-order valence-corrected chi connectivity index (χ3v) is 3.29. The highest BCUT2D eigenvalue weighted by Crippen LogP contribution is 2.33. The maximum absolute atomic E-state index is 8.71. The lowest BCUT2D eigenvalue weighted by Gasteiger charge is -2.23. The highest BCUT2D eigenvalue weighted by molar-refractivity contribution is 6.40. The van der Waals surface area contributed by atoms with Crippen LogP contribution >= 0.6 is 0 Å². The summed E-state index contributed by atoms with van der Waals surface area (Å²) in [6, 6.07) is 9.82. The Labute approximate surface area is 119 Å². The molecular formula is C14H21BO5. The van der Waals surface area contributed by atoms with Crippen molar-refractivity contribution in [2.75, 3.05) is 19.8 Å². The summed E-state index contributed by atoms with van der Waals surface area (Å²) in [4.78, 5) is 0. The lowest BCUT2D eigenvalue weighted by molar-refractivity contribution is -0.167. The van der Waals surface area contributed by atoms with Gasteiger partial charge in [-0.1, -0.05) is 30.3 Å². The van der Waals surface area contributed by atoms with E-state index in [1.807, 2.05) is 37.3 Å². The number of ether oxygens (including phenoxy) is 3. The smallest absolute Gasteiger partial charge is 0.427 e. The van der Waals surface area contributed by atoms with Crippen molar-refractivity contribution in [3.63, 3.8) is 0 Å². The summed E-state index contributed by atoms with van der Waals surface area (Å²) < 4.78 is 17.1. The molecule has 2 N–H and O–H groups in total. The van der Waals surface area contributed by atoms with Gasteiger partial charge < -0.3 is 24.3 Å². The number of rotatable bonds is 7. The predicted molar refractivity (Wildman–Crippen MR) is 75.1 cm³/mol. The molecule has 1 fully saturated rings. The molecule has 20 heavy (non-hydrogen) atoms. The van der Waals surface area contributed by atoms with Crippen LogP contribution < -0.4 is 0 Å². The average molecular weight is 280 g/mol. The monoisotopic (exact) mass is 280 g/mol. The van der Waals surface area contributed by atoms with Gasteiger partial charge in [-0.3, -0.25) is 0 Å². The topological polar surface area (TPSA) is 68.2 Å². The fourth-order valence-corrected chi connectivity index (χ4v) is 2.20. The summed E-state index contributed by atoms with van der Waals surface area (Å²) in [5.74, 6) is -0.712. The molecule has 1 aliphatic heterocycles. The first kappa shape index (κ1) is 15.5. The molecule has 1 aliphatic rings. The molecule has 1 saturated heterocycles. The van der Waals surface area contributed by atoms with Crippen molar-refractivity contribution >= 4 is 7.12 Å². The van der Waals surface area contributed by atoms with Crippen molar-refractivity contribution in [3.05, 3.63) is 35.9 Å². The largest absolute Gasteiger partial charge is 0.451 e. The molecule has 6 heteroatoms. The lowest BCUT2D eigenvalue weighted by Crippen LogP contribution is -2.25. The number of benzene rings is 1. The Morgan fingerprint density at radius 2 is 2.10 bits per heavy atom. The van der Waals surface area contributed by atoms with Crippen molar-refractivity contribution < 1.29 is 24.3 Å². The highest BCUT2D eigenvalue weighted by Gasteiger charge is 2.38. The van der Waals surface area contributed by atoms with Crippen LogP contribution in [0.25, 0.3) is 0 Å². The Balaban J connectivity index is 1.72. The summed E-state index contributed by atoms with van der Waals surface area (Å²) in [5, 5.41) is 17.4. The maximum Gasteiger partial charge on any atom is 0.451 e. The predicted octanol–water partition coefficient (Wildman–Crippen LogP) is 1.15. The first-order valence-electron chi connectivity index (χ1n) is 6.91. The summed E-state index contributed by atoms with van der Waals surface area (Å²) in [6.45, 7) is 3.34. The van der Waals surface area contributed by atoms with Crippen molar-refractivity contribution in [2.45, 2.75) is 31.6 Å². The van der Waals surface area contributed by atoms with E-state index in [1.54, 1.807) is 0 Å². The highest BCUT2D eigenvalue weighted by atomic mass is 16.7. The van der Waals surface area contributed by atoms with E-state index in [0.29, 0.717) is 32.6 Å². The van der Waals surface area contributed by atoms with Gasteiger partial charge in [-0.05, 0) is 19.7 Å². The lowest BCUT2D eigenvalue weighted by atomic mass is 9.85. The van der Waals surface area contributed by atoms with E-state index >= 15 is 0 Å². The normalized spacial score (nSPS) is 25.9. The van der Waals surface area contributed by atoms with Crippen LogP contribution in [0, 0.1) is 0 Å². The van der Waals surface area contributed by atoms with E-state index in [4.69, 9.17) is 24.3 Å². The van der Waals surface area contributed by atoms with Gasteiger partial charge in [0.1, 0.15) is 6.10 Å². The van der Waals surface area contributed by atoms with Crippen LogP contribution in [-0.2, 0) is 20.0 Å². The molecule has 5 nitrogen and oxygen atoms in total. The Hall–Kier alpha value is -0.915.